The first-order valence-electron chi connectivity index (χ1n) is 9.52. The number of amides is 4. The van der Waals surface area contributed by atoms with Gasteiger partial charge in [0, 0.05) is 11.6 Å². The van der Waals surface area contributed by atoms with Gasteiger partial charge in [0.05, 0.1) is 17.7 Å². The molecule has 10 nitrogen and oxygen atoms in total. The Kier molecular flexibility index (Phi) is 5.65. The number of carbonyl (C=O) groups is 5. The van der Waals surface area contributed by atoms with Crippen molar-refractivity contribution in [1.29, 1.82) is 0 Å². The van der Waals surface area contributed by atoms with Crippen molar-refractivity contribution in [3.63, 3.8) is 0 Å². The molecular formula is C21H21N3O7. The van der Waals surface area contributed by atoms with Crippen LogP contribution in [0.3, 0.4) is 0 Å². The fourth-order valence-corrected chi connectivity index (χ4v) is 3.36. The summed E-state index contributed by atoms with van der Waals surface area (Å²) in [5, 5.41) is 2.39. The highest BCUT2D eigenvalue weighted by atomic mass is 16.5. The average molecular weight is 427 g/mol. The molecule has 0 saturated heterocycles. The molecule has 10 heteroatoms. The molecule has 3 rings (SSSR count). The minimum atomic E-state index is -0.988. The number of anilines is 1. The van der Waals surface area contributed by atoms with Gasteiger partial charge in [0.1, 0.15) is 16.9 Å². The van der Waals surface area contributed by atoms with Gasteiger partial charge in [-0.25, -0.2) is 4.79 Å². The highest BCUT2D eigenvalue weighted by Gasteiger charge is 2.37. The molecule has 0 atom stereocenters. The molecule has 1 aromatic heterocycles. The van der Waals surface area contributed by atoms with E-state index in [1.165, 1.54) is 25.1 Å². The van der Waals surface area contributed by atoms with E-state index in [4.69, 9.17) is 14.9 Å². The smallest absolute Gasteiger partial charge is 0.342 e. The summed E-state index contributed by atoms with van der Waals surface area (Å²) in [6.45, 7) is 6.51. The van der Waals surface area contributed by atoms with Crippen molar-refractivity contribution < 1.29 is 33.1 Å². The van der Waals surface area contributed by atoms with Crippen molar-refractivity contribution in [2.75, 3.05) is 11.9 Å². The lowest BCUT2D eigenvalue weighted by Crippen LogP contribution is -2.35. The Morgan fingerprint density at radius 1 is 1.13 bits per heavy atom. The number of hydrogen-bond acceptors (Lipinski definition) is 7. The highest BCUT2D eigenvalue weighted by Crippen LogP contribution is 2.29. The molecule has 31 heavy (non-hydrogen) atoms. The summed E-state index contributed by atoms with van der Waals surface area (Å²) in [5.74, 6) is -3.72. The summed E-state index contributed by atoms with van der Waals surface area (Å²) in [4.78, 5) is 62.9. The summed E-state index contributed by atoms with van der Waals surface area (Å²) < 4.78 is 10.3. The van der Waals surface area contributed by atoms with E-state index in [0.717, 1.165) is 4.90 Å². The molecule has 0 spiro atoms. The van der Waals surface area contributed by atoms with E-state index in [-0.39, 0.29) is 52.1 Å². The second-order valence-corrected chi connectivity index (χ2v) is 7.11. The normalized spacial score (nSPS) is 12.9. The molecule has 0 saturated carbocycles. The van der Waals surface area contributed by atoms with E-state index in [1.54, 1.807) is 20.8 Å². The van der Waals surface area contributed by atoms with E-state index in [9.17, 15) is 24.0 Å². The Morgan fingerprint density at radius 3 is 2.35 bits per heavy atom. The molecule has 3 N–H and O–H groups in total. The number of rotatable bonds is 6. The number of benzene rings is 1. The van der Waals surface area contributed by atoms with Crippen LogP contribution in [-0.4, -0.2) is 47.1 Å². The van der Waals surface area contributed by atoms with E-state index in [0.29, 0.717) is 0 Å². The maximum Gasteiger partial charge on any atom is 0.342 e. The van der Waals surface area contributed by atoms with Gasteiger partial charge in [-0.05, 0) is 45.9 Å². The maximum atomic E-state index is 12.8. The van der Waals surface area contributed by atoms with Crippen LogP contribution in [0.4, 0.5) is 5.88 Å². The van der Waals surface area contributed by atoms with Crippen LogP contribution in [0.1, 0.15) is 78.3 Å². The number of nitrogens with one attached hydrogen (secondary N) is 1. The Labute approximate surface area is 177 Å². The number of ether oxygens (including phenoxy) is 1. The fraction of sp³-hybridized carbons (Fsp3) is 0.286. The number of hydrogen-bond donors (Lipinski definition) is 2. The number of imide groups is 1. The Morgan fingerprint density at radius 2 is 1.77 bits per heavy atom. The molecule has 1 aliphatic heterocycles. The summed E-state index contributed by atoms with van der Waals surface area (Å²) in [6, 6.07) is 3.71. The lowest BCUT2D eigenvalue weighted by atomic mass is 10.1. The Hall–Kier alpha value is -3.95. The molecule has 1 aliphatic rings. The van der Waals surface area contributed by atoms with Crippen LogP contribution in [0.15, 0.2) is 22.6 Å². The predicted molar refractivity (Wildman–Crippen MR) is 108 cm³/mol. The minimum absolute atomic E-state index is 0.0462. The van der Waals surface area contributed by atoms with Gasteiger partial charge < -0.3 is 14.9 Å². The van der Waals surface area contributed by atoms with Crippen molar-refractivity contribution in [2.45, 2.75) is 33.7 Å². The first kappa shape index (κ1) is 21.8. The zero-order chi connectivity index (χ0) is 23.0. The van der Waals surface area contributed by atoms with Crippen LogP contribution in [0.2, 0.25) is 0 Å². The number of aryl methyl sites for hydroxylation is 1. The monoisotopic (exact) mass is 427 g/mol. The van der Waals surface area contributed by atoms with E-state index in [2.05, 4.69) is 5.32 Å². The highest BCUT2D eigenvalue weighted by molar-refractivity contribution is 6.22. The lowest BCUT2D eigenvalue weighted by Gasteiger charge is -2.17. The number of fused-ring (bicyclic) bond motifs is 1. The molecule has 0 radical (unpaired) electrons. The van der Waals surface area contributed by atoms with Gasteiger partial charge in [0.15, 0.2) is 0 Å². The molecule has 2 heterocycles. The van der Waals surface area contributed by atoms with Gasteiger partial charge in [0.2, 0.25) is 5.88 Å². The number of esters is 1. The molecule has 0 aliphatic carbocycles. The molecule has 2 aromatic rings. The van der Waals surface area contributed by atoms with Crippen molar-refractivity contribution in [3.05, 3.63) is 51.8 Å². The van der Waals surface area contributed by atoms with Crippen LogP contribution in [0.5, 0.6) is 0 Å². The Balaban J connectivity index is 1.95. The van der Waals surface area contributed by atoms with Gasteiger partial charge >= 0.3 is 5.97 Å². The van der Waals surface area contributed by atoms with Crippen molar-refractivity contribution in [1.82, 2.24) is 4.90 Å². The van der Waals surface area contributed by atoms with Crippen molar-refractivity contribution in [3.8, 4) is 0 Å². The number of carbonyl (C=O) groups excluding carboxylic acids is 5. The van der Waals surface area contributed by atoms with Gasteiger partial charge in [-0.2, -0.15) is 0 Å². The van der Waals surface area contributed by atoms with Crippen molar-refractivity contribution >= 4 is 35.5 Å². The van der Waals surface area contributed by atoms with Gasteiger partial charge in [-0.3, -0.25) is 29.4 Å². The molecule has 0 bridgehead atoms. The van der Waals surface area contributed by atoms with E-state index < -0.39 is 29.6 Å². The van der Waals surface area contributed by atoms with Crippen LogP contribution in [0.25, 0.3) is 0 Å². The summed E-state index contributed by atoms with van der Waals surface area (Å²) in [6.07, 6.45) is 0. The molecule has 0 unspecified atom stereocenters. The molecule has 0 fully saturated rings. The number of furan rings is 1. The van der Waals surface area contributed by atoms with Gasteiger partial charge in [0.25, 0.3) is 23.6 Å². The first-order chi connectivity index (χ1) is 14.6. The fourth-order valence-electron chi connectivity index (χ4n) is 3.36. The van der Waals surface area contributed by atoms with Gasteiger partial charge in [-0.15, -0.1) is 0 Å². The average Bonchev–Trinajstić information content (AvgIpc) is 3.15. The van der Waals surface area contributed by atoms with Crippen LogP contribution in [-0.2, 0) is 4.74 Å². The Bertz CT molecular complexity index is 1130. The van der Waals surface area contributed by atoms with E-state index in [1.807, 2.05) is 0 Å². The first-order valence-corrected chi connectivity index (χ1v) is 9.52. The van der Waals surface area contributed by atoms with Crippen LogP contribution in [0, 0.1) is 6.92 Å². The second kappa shape index (κ2) is 8.05. The topological polar surface area (TPSA) is 149 Å². The minimum Gasteiger partial charge on any atom is -0.462 e. The standard InChI is InChI=1S/C21H21N3O7/c1-5-30-21(29)14-10(4)31-18(15(14)16(22)25)23-17(26)11-6-7-12-13(8-11)20(28)24(9(2)3)19(12)27/h6-9H,5H2,1-4H3,(H2,22,25)(H,23,26). The summed E-state index contributed by atoms with van der Waals surface area (Å²) in [5.41, 5.74) is 5.24. The largest absolute Gasteiger partial charge is 0.462 e. The third-order valence-electron chi connectivity index (χ3n) is 4.73. The summed E-state index contributed by atoms with van der Waals surface area (Å²) >= 11 is 0. The molecule has 4 amide bonds. The third-order valence-corrected chi connectivity index (χ3v) is 4.73. The quantitative estimate of drug-likeness (QED) is 0.530. The number of nitrogens with zero attached hydrogens (tertiary/aromatic N) is 1. The van der Waals surface area contributed by atoms with E-state index >= 15 is 0 Å². The molecule has 1 aromatic carbocycles. The van der Waals surface area contributed by atoms with Crippen molar-refractivity contribution in [2.24, 2.45) is 5.73 Å². The SMILES string of the molecule is CCOC(=O)c1c(C)oc(NC(=O)c2ccc3c(c2)C(=O)N(C(C)C)C3=O)c1C(N)=O. The molecular weight excluding hydrogens is 406 g/mol. The van der Waals surface area contributed by atoms with Crippen LogP contribution >= 0.6 is 0 Å². The predicted octanol–water partition coefficient (Wildman–Crippen LogP) is 2.12. The van der Waals surface area contributed by atoms with Gasteiger partial charge in [-0.1, -0.05) is 0 Å². The zero-order valence-corrected chi connectivity index (χ0v) is 17.4. The summed E-state index contributed by atoms with van der Waals surface area (Å²) in [7, 11) is 0. The number of primary amides is 1. The third kappa shape index (κ3) is 3.67. The second-order valence-electron chi connectivity index (χ2n) is 7.11. The number of nitrogens with two attached hydrogens (primary N) is 1. The maximum absolute atomic E-state index is 12.8. The zero-order valence-electron chi connectivity index (χ0n) is 17.4. The lowest BCUT2D eigenvalue weighted by molar-refractivity contribution is 0.0519. The molecule has 162 valence electrons. The van der Waals surface area contributed by atoms with Crippen LogP contribution < -0.4 is 11.1 Å².